The van der Waals surface area contributed by atoms with Crippen molar-refractivity contribution in [3.63, 3.8) is 0 Å². The molecule has 1 N–H and O–H groups in total. The van der Waals surface area contributed by atoms with E-state index in [2.05, 4.69) is 0 Å². The second-order valence-corrected chi connectivity index (χ2v) is 6.38. The van der Waals surface area contributed by atoms with Gasteiger partial charge in [0, 0.05) is 5.71 Å². The fourth-order valence-corrected chi connectivity index (χ4v) is 1.31. The Labute approximate surface area is 115 Å². The van der Waals surface area contributed by atoms with E-state index >= 15 is 0 Å². The van der Waals surface area contributed by atoms with Crippen LogP contribution in [0, 0.1) is 11.3 Å². The molecule has 0 aromatic rings. The van der Waals surface area contributed by atoms with Crippen LogP contribution in [0.2, 0.25) is 0 Å². The number of hydrogen-bond donors (Lipinski definition) is 1. The summed E-state index contributed by atoms with van der Waals surface area (Å²) in [7, 11) is 0. The van der Waals surface area contributed by atoms with E-state index in [1.54, 1.807) is 48.5 Å². The Morgan fingerprint density at radius 1 is 0.947 bits per heavy atom. The number of rotatable bonds is 4. The number of hydrogen-bond acceptors (Lipinski definition) is 5. The van der Waals surface area contributed by atoms with Crippen LogP contribution in [0.25, 0.3) is 0 Å². The van der Waals surface area contributed by atoms with E-state index in [9.17, 15) is 9.59 Å². The Balaban J connectivity index is 5.08. The lowest BCUT2D eigenvalue weighted by molar-refractivity contribution is -0.170. The summed E-state index contributed by atoms with van der Waals surface area (Å²) in [5.41, 5.74) is -1.40. The zero-order chi connectivity index (χ0) is 15.4. The minimum absolute atomic E-state index is 0.00324. The number of carbonyl (C=O) groups excluding carboxylic acids is 2. The molecule has 0 radical (unpaired) electrons. The second kappa shape index (κ2) is 6.17. The van der Waals surface area contributed by atoms with Gasteiger partial charge < -0.3 is 14.9 Å². The summed E-state index contributed by atoms with van der Waals surface area (Å²) in [6, 6.07) is 0. The maximum atomic E-state index is 12.0. The molecular weight excluding hydrogens is 246 g/mol. The first kappa shape index (κ1) is 17.6. The van der Waals surface area contributed by atoms with Crippen molar-refractivity contribution in [1.82, 2.24) is 0 Å². The Morgan fingerprint density at radius 3 is 1.47 bits per heavy atom. The molecule has 0 rings (SSSR count). The quantitative estimate of drug-likeness (QED) is 0.484. The van der Waals surface area contributed by atoms with E-state index in [-0.39, 0.29) is 5.71 Å². The number of ether oxygens (including phenoxy) is 2. The lowest BCUT2D eigenvalue weighted by Gasteiger charge is -2.26. The van der Waals surface area contributed by atoms with Crippen LogP contribution in [0.4, 0.5) is 0 Å². The van der Waals surface area contributed by atoms with Crippen LogP contribution in [-0.4, -0.2) is 28.9 Å². The van der Waals surface area contributed by atoms with Crippen molar-refractivity contribution in [2.75, 3.05) is 0 Å². The van der Waals surface area contributed by atoms with Crippen LogP contribution < -0.4 is 0 Å². The molecule has 5 nitrogen and oxygen atoms in total. The van der Waals surface area contributed by atoms with E-state index in [0.29, 0.717) is 6.42 Å². The average molecular weight is 271 g/mol. The standard InChI is InChI=1S/C14H25NO4/c1-8-9(15)10(11(16)18-13(2,3)4)12(17)19-14(5,6)7/h10,15H,8H2,1-7H3. The molecule has 0 aliphatic heterocycles. The van der Waals surface area contributed by atoms with Gasteiger partial charge >= 0.3 is 11.9 Å². The van der Waals surface area contributed by atoms with Crippen molar-refractivity contribution in [2.24, 2.45) is 5.92 Å². The highest BCUT2D eigenvalue weighted by Crippen LogP contribution is 2.18. The smallest absolute Gasteiger partial charge is 0.326 e. The summed E-state index contributed by atoms with van der Waals surface area (Å²) in [5, 5.41) is 7.77. The summed E-state index contributed by atoms with van der Waals surface area (Å²) in [5.74, 6) is -2.73. The highest BCUT2D eigenvalue weighted by Gasteiger charge is 2.37. The Kier molecular flexibility index (Phi) is 5.72. The topological polar surface area (TPSA) is 76.5 Å². The second-order valence-electron chi connectivity index (χ2n) is 6.38. The normalized spacial score (nSPS) is 12.2. The van der Waals surface area contributed by atoms with Crippen LogP contribution in [0.3, 0.4) is 0 Å². The van der Waals surface area contributed by atoms with Crippen molar-refractivity contribution in [1.29, 1.82) is 5.41 Å². The van der Waals surface area contributed by atoms with Crippen molar-refractivity contribution in [3.05, 3.63) is 0 Å². The molecule has 0 bridgehead atoms. The van der Waals surface area contributed by atoms with Gasteiger partial charge in [0.05, 0.1) is 0 Å². The molecule has 0 spiro atoms. The predicted octanol–water partition coefficient (Wildman–Crippen LogP) is 2.72. The van der Waals surface area contributed by atoms with Crippen LogP contribution in [0.1, 0.15) is 54.9 Å². The van der Waals surface area contributed by atoms with Crippen LogP contribution in [0.5, 0.6) is 0 Å². The molecule has 0 unspecified atom stereocenters. The van der Waals surface area contributed by atoms with Crippen molar-refractivity contribution in [3.8, 4) is 0 Å². The third kappa shape index (κ3) is 6.94. The molecule has 0 aromatic carbocycles. The van der Waals surface area contributed by atoms with E-state index in [0.717, 1.165) is 0 Å². The van der Waals surface area contributed by atoms with Crippen LogP contribution in [-0.2, 0) is 19.1 Å². The van der Waals surface area contributed by atoms with Crippen molar-refractivity contribution in [2.45, 2.75) is 66.1 Å². The van der Waals surface area contributed by atoms with Gasteiger partial charge in [0.25, 0.3) is 0 Å². The van der Waals surface area contributed by atoms with E-state index < -0.39 is 29.1 Å². The van der Waals surface area contributed by atoms with Crippen molar-refractivity contribution >= 4 is 17.7 Å². The zero-order valence-electron chi connectivity index (χ0n) is 12.9. The van der Waals surface area contributed by atoms with E-state index in [4.69, 9.17) is 14.9 Å². The van der Waals surface area contributed by atoms with Gasteiger partial charge in [-0.2, -0.15) is 0 Å². The first-order chi connectivity index (χ1) is 8.37. The molecule has 19 heavy (non-hydrogen) atoms. The number of nitrogens with one attached hydrogen (secondary N) is 1. The Bertz CT molecular complexity index is 333. The molecule has 0 saturated carbocycles. The Hall–Kier alpha value is -1.39. The Morgan fingerprint density at radius 2 is 1.26 bits per heavy atom. The maximum absolute atomic E-state index is 12.0. The number of carbonyl (C=O) groups is 2. The largest absolute Gasteiger partial charge is 0.459 e. The molecule has 0 aromatic heterocycles. The monoisotopic (exact) mass is 271 g/mol. The van der Waals surface area contributed by atoms with Crippen molar-refractivity contribution < 1.29 is 19.1 Å². The van der Waals surface area contributed by atoms with Gasteiger partial charge in [-0.05, 0) is 48.0 Å². The van der Waals surface area contributed by atoms with Gasteiger partial charge in [-0.25, -0.2) is 0 Å². The van der Waals surface area contributed by atoms with Gasteiger partial charge in [0.1, 0.15) is 11.2 Å². The lowest BCUT2D eigenvalue weighted by atomic mass is 10.0. The van der Waals surface area contributed by atoms with E-state index in [1.807, 2.05) is 0 Å². The molecule has 0 aliphatic carbocycles. The lowest BCUT2D eigenvalue weighted by Crippen LogP contribution is -2.40. The highest BCUT2D eigenvalue weighted by atomic mass is 16.6. The fourth-order valence-electron chi connectivity index (χ4n) is 1.31. The summed E-state index contributed by atoms with van der Waals surface area (Å²) in [4.78, 5) is 24.0. The molecular formula is C14H25NO4. The third-order valence-corrected chi connectivity index (χ3v) is 2.01. The minimum atomic E-state index is -1.27. The summed E-state index contributed by atoms with van der Waals surface area (Å²) < 4.78 is 10.4. The molecule has 0 aliphatic rings. The third-order valence-electron chi connectivity index (χ3n) is 2.01. The van der Waals surface area contributed by atoms with Gasteiger partial charge in [0.15, 0.2) is 5.92 Å². The maximum Gasteiger partial charge on any atom is 0.326 e. The first-order valence-electron chi connectivity index (χ1n) is 6.40. The van der Waals surface area contributed by atoms with Crippen LogP contribution in [0.15, 0.2) is 0 Å². The number of esters is 2. The molecule has 0 heterocycles. The highest BCUT2D eigenvalue weighted by molar-refractivity contribution is 6.16. The molecule has 0 fully saturated rings. The molecule has 0 saturated heterocycles. The van der Waals surface area contributed by atoms with Crippen LogP contribution >= 0.6 is 0 Å². The zero-order valence-corrected chi connectivity index (χ0v) is 12.9. The first-order valence-corrected chi connectivity index (χ1v) is 6.40. The summed E-state index contributed by atoms with van der Waals surface area (Å²) in [6.45, 7) is 12.0. The summed E-state index contributed by atoms with van der Waals surface area (Å²) >= 11 is 0. The summed E-state index contributed by atoms with van der Waals surface area (Å²) in [6.07, 6.45) is 0.295. The van der Waals surface area contributed by atoms with Gasteiger partial charge in [-0.1, -0.05) is 6.92 Å². The minimum Gasteiger partial charge on any atom is -0.459 e. The average Bonchev–Trinajstić information content (AvgIpc) is 2.11. The van der Waals surface area contributed by atoms with Gasteiger partial charge in [-0.15, -0.1) is 0 Å². The fraction of sp³-hybridized carbons (Fsp3) is 0.786. The molecule has 0 amide bonds. The molecule has 0 atom stereocenters. The SMILES string of the molecule is CCC(=N)C(C(=O)OC(C)(C)C)C(=O)OC(C)(C)C. The molecule has 5 heteroatoms. The van der Waals surface area contributed by atoms with Gasteiger partial charge in [-0.3, -0.25) is 9.59 Å². The predicted molar refractivity (Wildman–Crippen MR) is 73.2 cm³/mol. The van der Waals surface area contributed by atoms with Gasteiger partial charge in [0.2, 0.25) is 0 Å². The molecule has 110 valence electrons. The van der Waals surface area contributed by atoms with E-state index in [1.165, 1.54) is 0 Å².